The van der Waals surface area contributed by atoms with Crippen LogP contribution in [0.4, 0.5) is 5.69 Å². The van der Waals surface area contributed by atoms with Crippen LogP contribution in [-0.4, -0.2) is 25.6 Å². The van der Waals surface area contributed by atoms with Gasteiger partial charge in [-0.3, -0.25) is 4.79 Å². The number of carbonyl (C=O) groups is 2. The Morgan fingerprint density at radius 3 is 2.52 bits per heavy atom. The first-order chi connectivity index (χ1) is 12.0. The minimum Gasteiger partial charge on any atom is -0.497 e. The largest absolute Gasteiger partial charge is 0.497 e. The summed E-state index contributed by atoms with van der Waals surface area (Å²) in [6.45, 7) is 1.53. The van der Waals surface area contributed by atoms with Crippen molar-refractivity contribution in [3.8, 4) is 5.75 Å². The third kappa shape index (κ3) is 6.08. The molecule has 1 amide bonds. The summed E-state index contributed by atoms with van der Waals surface area (Å²) in [6, 6.07) is 12.7. The summed E-state index contributed by atoms with van der Waals surface area (Å²) in [5, 5.41) is 2.70. The molecule has 0 fully saturated rings. The van der Waals surface area contributed by atoms with E-state index in [2.05, 4.69) is 21.2 Å². The fourth-order valence-corrected chi connectivity index (χ4v) is 2.49. The van der Waals surface area contributed by atoms with Crippen molar-refractivity contribution in [2.24, 2.45) is 0 Å². The number of rotatable bonds is 6. The number of benzene rings is 2. The van der Waals surface area contributed by atoms with Gasteiger partial charge in [-0.2, -0.15) is 0 Å². The van der Waals surface area contributed by atoms with Crippen molar-refractivity contribution >= 4 is 39.6 Å². The predicted octanol–water partition coefficient (Wildman–Crippen LogP) is 3.96. The lowest BCUT2D eigenvalue weighted by Gasteiger charge is -2.08. The Kier molecular flexibility index (Phi) is 6.77. The van der Waals surface area contributed by atoms with E-state index in [0.29, 0.717) is 5.69 Å². The van der Waals surface area contributed by atoms with Gasteiger partial charge < -0.3 is 14.8 Å². The van der Waals surface area contributed by atoms with Crippen molar-refractivity contribution in [1.82, 2.24) is 0 Å². The highest BCUT2D eigenvalue weighted by Crippen LogP contribution is 2.19. The second-order valence-corrected chi connectivity index (χ2v) is 6.14. The molecule has 0 aromatic heterocycles. The molecule has 0 radical (unpaired) electrons. The van der Waals surface area contributed by atoms with Crippen LogP contribution in [0.5, 0.6) is 5.75 Å². The molecule has 0 aliphatic rings. The summed E-state index contributed by atoms with van der Waals surface area (Å²) in [4.78, 5) is 23.5. The quantitative estimate of drug-likeness (QED) is 0.585. The third-order valence-electron chi connectivity index (χ3n) is 3.34. The van der Waals surface area contributed by atoms with E-state index in [-0.39, 0.29) is 6.61 Å². The van der Waals surface area contributed by atoms with Crippen molar-refractivity contribution in [3.63, 3.8) is 0 Å². The first kappa shape index (κ1) is 18.7. The molecule has 0 aliphatic heterocycles. The standard InChI is InChI=1S/C19H18BrNO4/c1-13-11-15(20)6-9-17(13)21-18(22)12-25-19(23)10-5-14-3-7-16(24-2)8-4-14/h3-11H,12H2,1-2H3,(H,21,22)/b10-5+. The summed E-state index contributed by atoms with van der Waals surface area (Å²) >= 11 is 3.36. The number of halogens is 1. The Bertz CT molecular complexity index is 785. The van der Waals surface area contributed by atoms with Crippen LogP contribution in [0.25, 0.3) is 6.08 Å². The number of ether oxygens (including phenoxy) is 2. The maximum atomic E-state index is 11.9. The number of hydrogen-bond donors (Lipinski definition) is 1. The van der Waals surface area contributed by atoms with Crippen LogP contribution >= 0.6 is 15.9 Å². The molecule has 0 spiro atoms. The number of nitrogens with one attached hydrogen (secondary N) is 1. The molecule has 0 atom stereocenters. The molecule has 1 N–H and O–H groups in total. The average Bonchev–Trinajstić information content (AvgIpc) is 2.61. The van der Waals surface area contributed by atoms with E-state index in [1.54, 1.807) is 31.4 Å². The Balaban J connectivity index is 1.82. The Labute approximate surface area is 154 Å². The van der Waals surface area contributed by atoms with E-state index < -0.39 is 11.9 Å². The van der Waals surface area contributed by atoms with Crippen LogP contribution in [0.2, 0.25) is 0 Å². The second-order valence-electron chi connectivity index (χ2n) is 5.22. The zero-order chi connectivity index (χ0) is 18.2. The molecule has 2 aromatic rings. The van der Waals surface area contributed by atoms with E-state index in [1.165, 1.54) is 6.08 Å². The molecule has 130 valence electrons. The smallest absolute Gasteiger partial charge is 0.331 e. The number of aryl methyl sites for hydroxylation is 1. The minimum absolute atomic E-state index is 0.346. The maximum absolute atomic E-state index is 11.9. The molecular weight excluding hydrogens is 386 g/mol. The molecule has 0 saturated heterocycles. The van der Waals surface area contributed by atoms with Gasteiger partial charge in [0.05, 0.1) is 7.11 Å². The lowest BCUT2D eigenvalue weighted by molar-refractivity contribution is -0.142. The van der Waals surface area contributed by atoms with E-state index in [0.717, 1.165) is 21.3 Å². The fourth-order valence-electron chi connectivity index (χ4n) is 2.02. The van der Waals surface area contributed by atoms with Gasteiger partial charge in [0.1, 0.15) is 5.75 Å². The topological polar surface area (TPSA) is 64.6 Å². The monoisotopic (exact) mass is 403 g/mol. The fraction of sp³-hybridized carbons (Fsp3) is 0.158. The van der Waals surface area contributed by atoms with E-state index >= 15 is 0 Å². The van der Waals surface area contributed by atoms with Crippen molar-refractivity contribution in [1.29, 1.82) is 0 Å². The first-order valence-electron chi connectivity index (χ1n) is 7.53. The zero-order valence-corrected chi connectivity index (χ0v) is 15.5. The Morgan fingerprint density at radius 2 is 1.88 bits per heavy atom. The molecule has 2 aromatic carbocycles. The second kappa shape index (κ2) is 9.03. The molecule has 25 heavy (non-hydrogen) atoms. The van der Waals surface area contributed by atoms with Gasteiger partial charge in [-0.05, 0) is 54.5 Å². The van der Waals surface area contributed by atoms with Gasteiger partial charge in [0.15, 0.2) is 6.61 Å². The van der Waals surface area contributed by atoms with Crippen LogP contribution in [0.3, 0.4) is 0 Å². The predicted molar refractivity (Wildman–Crippen MR) is 100 cm³/mol. The molecule has 0 bridgehead atoms. The molecule has 0 aliphatic carbocycles. The number of hydrogen-bond acceptors (Lipinski definition) is 4. The summed E-state index contributed by atoms with van der Waals surface area (Å²) in [6.07, 6.45) is 2.89. The highest BCUT2D eigenvalue weighted by Gasteiger charge is 2.07. The van der Waals surface area contributed by atoms with Crippen molar-refractivity contribution in [2.45, 2.75) is 6.92 Å². The molecule has 5 nitrogen and oxygen atoms in total. The number of anilines is 1. The van der Waals surface area contributed by atoms with Gasteiger partial charge in [0.2, 0.25) is 0 Å². The van der Waals surface area contributed by atoms with Crippen LogP contribution in [0, 0.1) is 6.92 Å². The van der Waals surface area contributed by atoms with Gasteiger partial charge in [-0.1, -0.05) is 28.1 Å². The molecular formula is C19H18BrNO4. The lowest BCUT2D eigenvalue weighted by atomic mass is 10.2. The summed E-state index contributed by atoms with van der Waals surface area (Å²) in [5.41, 5.74) is 2.42. The Hall–Kier alpha value is -2.60. The number of methoxy groups -OCH3 is 1. The lowest BCUT2D eigenvalue weighted by Crippen LogP contribution is -2.20. The highest BCUT2D eigenvalue weighted by atomic mass is 79.9. The molecule has 0 saturated carbocycles. The summed E-state index contributed by atoms with van der Waals surface area (Å²) in [7, 11) is 1.59. The van der Waals surface area contributed by atoms with Gasteiger partial charge >= 0.3 is 5.97 Å². The van der Waals surface area contributed by atoms with Crippen LogP contribution in [0.1, 0.15) is 11.1 Å². The molecule has 2 rings (SSSR count). The van der Waals surface area contributed by atoms with Gasteiger partial charge in [-0.25, -0.2) is 4.79 Å². The molecule has 0 heterocycles. The number of carbonyl (C=O) groups excluding carboxylic acids is 2. The third-order valence-corrected chi connectivity index (χ3v) is 3.83. The van der Waals surface area contributed by atoms with Gasteiger partial charge in [0.25, 0.3) is 5.91 Å². The Morgan fingerprint density at radius 1 is 1.16 bits per heavy atom. The molecule has 6 heteroatoms. The number of amides is 1. The van der Waals surface area contributed by atoms with Crippen LogP contribution in [-0.2, 0) is 14.3 Å². The van der Waals surface area contributed by atoms with Crippen LogP contribution in [0.15, 0.2) is 53.0 Å². The summed E-state index contributed by atoms with van der Waals surface area (Å²) < 4.78 is 10.9. The maximum Gasteiger partial charge on any atom is 0.331 e. The zero-order valence-electron chi connectivity index (χ0n) is 13.9. The number of esters is 1. The minimum atomic E-state index is -0.585. The molecule has 0 unspecified atom stereocenters. The van der Waals surface area contributed by atoms with Crippen LogP contribution < -0.4 is 10.1 Å². The van der Waals surface area contributed by atoms with Crippen molar-refractivity contribution < 1.29 is 19.1 Å². The van der Waals surface area contributed by atoms with Gasteiger partial charge in [0, 0.05) is 16.2 Å². The SMILES string of the molecule is COc1ccc(/C=C/C(=O)OCC(=O)Nc2ccc(Br)cc2C)cc1. The van der Waals surface area contributed by atoms with Gasteiger partial charge in [-0.15, -0.1) is 0 Å². The average molecular weight is 404 g/mol. The summed E-state index contributed by atoms with van der Waals surface area (Å²) in [5.74, 6) is -0.241. The highest BCUT2D eigenvalue weighted by molar-refractivity contribution is 9.10. The van der Waals surface area contributed by atoms with E-state index in [9.17, 15) is 9.59 Å². The van der Waals surface area contributed by atoms with E-state index in [4.69, 9.17) is 9.47 Å². The normalized spacial score (nSPS) is 10.5. The van der Waals surface area contributed by atoms with Crippen molar-refractivity contribution in [3.05, 3.63) is 64.1 Å². The first-order valence-corrected chi connectivity index (χ1v) is 8.32. The van der Waals surface area contributed by atoms with E-state index in [1.807, 2.05) is 31.2 Å². The van der Waals surface area contributed by atoms with Crippen molar-refractivity contribution in [2.75, 3.05) is 19.0 Å².